The quantitative estimate of drug-likeness (QED) is 0.582. The molecule has 0 aromatic rings. The maximum atomic E-state index is 5.83. The van der Waals surface area contributed by atoms with Gasteiger partial charge >= 0.3 is 0 Å². The summed E-state index contributed by atoms with van der Waals surface area (Å²) in [4.78, 5) is 0. The lowest BCUT2D eigenvalue weighted by Gasteiger charge is -2.34. The van der Waals surface area contributed by atoms with Crippen molar-refractivity contribution in [1.82, 2.24) is 0 Å². The molecule has 1 nitrogen and oxygen atoms in total. The van der Waals surface area contributed by atoms with Gasteiger partial charge in [-0.05, 0) is 45.1 Å². The molecule has 0 bridgehead atoms. The first-order chi connectivity index (χ1) is 5.42. The molecule has 0 atom stereocenters. The molecule has 70 valence electrons. The molecule has 0 aromatic carbocycles. The molecule has 0 radical (unpaired) electrons. The molecule has 1 heterocycles. The first-order valence-electron chi connectivity index (χ1n) is 4.81. The van der Waals surface area contributed by atoms with Crippen LogP contribution in [-0.2, 0) is 4.74 Å². The Morgan fingerprint density at radius 2 is 1.92 bits per heavy atom. The van der Waals surface area contributed by atoms with E-state index < -0.39 is 0 Å². The van der Waals surface area contributed by atoms with Crippen molar-refractivity contribution in [3.05, 3.63) is 11.3 Å². The van der Waals surface area contributed by atoms with Crippen molar-refractivity contribution in [2.24, 2.45) is 5.92 Å². The largest absolute Gasteiger partial charge is 0.493 e. The first-order valence-corrected chi connectivity index (χ1v) is 4.81. The van der Waals surface area contributed by atoms with Crippen molar-refractivity contribution >= 4 is 0 Å². The molecule has 0 fully saturated rings. The zero-order chi connectivity index (χ0) is 9.35. The normalized spacial score (nSPS) is 22.8. The average molecular weight is 168 g/mol. The monoisotopic (exact) mass is 168 g/mol. The van der Waals surface area contributed by atoms with E-state index in [9.17, 15) is 0 Å². The molecule has 1 heteroatoms. The Kier molecular flexibility index (Phi) is 2.50. The highest BCUT2D eigenvalue weighted by atomic mass is 16.5. The summed E-state index contributed by atoms with van der Waals surface area (Å²) in [5, 5.41) is 0. The van der Waals surface area contributed by atoms with Gasteiger partial charge in [0.1, 0.15) is 5.60 Å². The molecule has 0 amide bonds. The lowest BCUT2D eigenvalue weighted by atomic mass is 9.89. The smallest absolute Gasteiger partial charge is 0.103 e. The predicted octanol–water partition coefficient (Wildman–Crippen LogP) is 3.51. The maximum absolute atomic E-state index is 5.83. The fourth-order valence-electron chi connectivity index (χ4n) is 1.84. The van der Waals surface area contributed by atoms with Crippen molar-refractivity contribution in [2.45, 2.75) is 53.1 Å². The summed E-state index contributed by atoms with van der Waals surface area (Å²) in [5.41, 5.74) is 1.55. The van der Waals surface area contributed by atoms with Gasteiger partial charge in [-0.1, -0.05) is 13.8 Å². The fraction of sp³-hybridized carbons (Fsp3) is 0.818. The molecule has 0 unspecified atom stereocenters. The zero-order valence-electron chi connectivity index (χ0n) is 8.90. The molecule has 1 rings (SSSR count). The van der Waals surface area contributed by atoms with E-state index in [4.69, 9.17) is 4.74 Å². The van der Waals surface area contributed by atoms with Crippen LogP contribution >= 0.6 is 0 Å². The topological polar surface area (TPSA) is 9.23 Å². The molecule has 0 aliphatic carbocycles. The summed E-state index contributed by atoms with van der Waals surface area (Å²) in [7, 11) is 0. The molecular weight excluding hydrogens is 148 g/mol. The van der Waals surface area contributed by atoms with Crippen LogP contribution in [0.4, 0.5) is 0 Å². The van der Waals surface area contributed by atoms with E-state index in [1.54, 1.807) is 0 Å². The van der Waals surface area contributed by atoms with E-state index in [0.717, 1.165) is 12.2 Å². The Hall–Kier alpha value is -0.460. The number of allylic oxidation sites excluding steroid dienone is 2. The molecule has 0 aromatic heterocycles. The van der Waals surface area contributed by atoms with Crippen molar-refractivity contribution in [3.8, 4) is 0 Å². The summed E-state index contributed by atoms with van der Waals surface area (Å²) in [6.07, 6.45) is 2.36. The standard InChI is InChI=1S/C11H20O/c1-8(2)10-6-7-11(4,5)12-9(10)3/h8H,6-7H2,1-5H3. The van der Waals surface area contributed by atoms with Crippen molar-refractivity contribution in [2.75, 3.05) is 0 Å². The molecular formula is C11H20O. The third kappa shape index (κ3) is 2.02. The number of hydrogen-bond donors (Lipinski definition) is 0. The molecule has 0 spiro atoms. The molecule has 0 saturated carbocycles. The molecule has 1 aliphatic rings. The average Bonchev–Trinajstić information content (AvgIpc) is 1.83. The molecule has 1 aliphatic heterocycles. The Balaban J connectivity index is 2.78. The highest BCUT2D eigenvalue weighted by Gasteiger charge is 2.27. The Morgan fingerprint density at radius 3 is 2.33 bits per heavy atom. The minimum Gasteiger partial charge on any atom is -0.493 e. The maximum Gasteiger partial charge on any atom is 0.103 e. The second kappa shape index (κ2) is 3.12. The van der Waals surface area contributed by atoms with Crippen LogP contribution in [0, 0.1) is 5.92 Å². The van der Waals surface area contributed by atoms with Gasteiger partial charge in [-0.3, -0.25) is 0 Å². The fourth-order valence-corrected chi connectivity index (χ4v) is 1.84. The van der Waals surface area contributed by atoms with Gasteiger partial charge in [0.2, 0.25) is 0 Å². The first kappa shape index (κ1) is 9.63. The number of ether oxygens (including phenoxy) is 1. The van der Waals surface area contributed by atoms with Crippen LogP contribution in [0.15, 0.2) is 11.3 Å². The Morgan fingerprint density at radius 1 is 1.33 bits per heavy atom. The van der Waals surface area contributed by atoms with E-state index in [-0.39, 0.29) is 5.60 Å². The SMILES string of the molecule is CC1=C(C(C)C)CCC(C)(C)O1. The van der Waals surface area contributed by atoms with Crippen LogP contribution in [0.5, 0.6) is 0 Å². The van der Waals surface area contributed by atoms with Crippen molar-refractivity contribution in [1.29, 1.82) is 0 Å². The van der Waals surface area contributed by atoms with Crippen LogP contribution in [0.25, 0.3) is 0 Å². The Bertz CT molecular complexity index is 199. The van der Waals surface area contributed by atoms with Crippen LogP contribution in [0.1, 0.15) is 47.5 Å². The van der Waals surface area contributed by atoms with Gasteiger partial charge in [0.25, 0.3) is 0 Å². The number of rotatable bonds is 1. The lowest BCUT2D eigenvalue weighted by Crippen LogP contribution is -2.28. The summed E-state index contributed by atoms with van der Waals surface area (Å²) < 4.78 is 5.83. The minimum absolute atomic E-state index is 0.0580. The highest BCUT2D eigenvalue weighted by molar-refractivity contribution is 5.13. The lowest BCUT2D eigenvalue weighted by molar-refractivity contribution is 0.0113. The third-order valence-corrected chi connectivity index (χ3v) is 2.57. The zero-order valence-corrected chi connectivity index (χ0v) is 8.90. The predicted molar refractivity (Wildman–Crippen MR) is 51.9 cm³/mol. The van der Waals surface area contributed by atoms with Crippen molar-refractivity contribution < 1.29 is 4.74 Å². The van der Waals surface area contributed by atoms with E-state index in [1.165, 1.54) is 12.0 Å². The summed E-state index contributed by atoms with van der Waals surface area (Å²) in [6.45, 7) is 10.9. The van der Waals surface area contributed by atoms with Gasteiger partial charge in [0.05, 0.1) is 5.76 Å². The number of hydrogen-bond acceptors (Lipinski definition) is 1. The summed E-state index contributed by atoms with van der Waals surface area (Å²) >= 11 is 0. The summed E-state index contributed by atoms with van der Waals surface area (Å²) in [5.74, 6) is 1.79. The van der Waals surface area contributed by atoms with Crippen LogP contribution in [-0.4, -0.2) is 5.60 Å². The molecule has 0 saturated heterocycles. The van der Waals surface area contributed by atoms with E-state index in [1.807, 2.05) is 0 Å². The minimum atomic E-state index is 0.0580. The van der Waals surface area contributed by atoms with Gasteiger partial charge in [-0.2, -0.15) is 0 Å². The van der Waals surface area contributed by atoms with Gasteiger partial charge < -0.3 is 4.74 Å². The van der Waals surface area contributed by atoms with Gasteiger partial charge in [-0.15, -0.1) is 0 Å². The van der Waals surface area contributed by atoms with Crippen LogP contribution in [0.2, 0.25) is 0 Å². The summed E-state index contributed by atoms with van der Waals surface area (Å²) in [6, 6.07) is 0. The molecule has 0 N–H and O–H groups in total. The van der Waals surface area contributed by atoms with Crippen LogP contribution in [0.3, 0.4) is 0 Å². The van der Waals surface area contributed by atoms with E-state index in [0.29, 0.717) is 5.92 Å². The highest BCUT2D eigenvalue weighted by Crippen LogP contribution is 2.34. The second-order valence-electron chi connectivity index (χ2n) is 4.60. The van der Waals surface area contributed by atoms with Crippen LogP contribution < -0.4 is 0 Å². The van der Waals surface area contributed by atoms with E-state index >= 15 is 0 Å². The van der Waals surface area contributed by atoms with E-state index in [2.05, 4.69) is 34.6 Å². The van der Waals surface area contributed by atoms with Gasteiger partial charge in [0, 0.05) is 0 Å². The molecule has 12 heavy (non-hydrogen) atoms. The second-order valence-corrected chi connectivity index (χ2v) is 4.60. The Labute approximate surface area is 75.8 Å². The van der Waals surface area contributed by atoms with Gasteiger partial charge in [-0.25, -0.2) is 0 Å². The third-order valence-electron chi connectivity index (χ3n) is 2.57. The van der Waals surface area contributed by atoms with Gasteiger partial charge in [0.15, 0.2) is 0 Å². The van der Waals surface area contributed by atoms with Crippen molar-refractivity contribution in [3.63, 3.8) is 0 Å².